The fraction of sp³-hybridized carbons (Fsp3) is 0.652. The lowest BCUT2D eigenvalue weighted by Crippen LogP contribution is -2.22. The molecule has 0 saturated carbocycles. The van der Waals surface area contributed by atoms with Crippen molar-refractivity contribution < 1.29 is 4.74 Å². The fourth-order valence-electron chi connectivity index (χ4n) is 3.13. The Bertz CT molecular complexity index is 820. The first kappa shape index (κ1) is 23.1. The van der Waals surface area contributed by atoms with E-state index in [0.717, 1.165) is 42.9 Å². The number of nitrogens with zero attached hydrogens (tertiary/aromatic N) is 1. The van der Waals surface area contributed by atoms with E-state index in [-0.39, 0.29) is 16.9 Å². The minimum absolute atomic E-state index is 0.0443. The van der Waals surface area contributed by atoms with Gasteiger partial charge in [0.15, 0.2) is 15.1 Å². The third-order valence-corrected chi connectivity index (χ3v) is 7.26. The molecule has 0 fully saturated rings. The van der Waals surface area contributed by atoms with Gasteiger partial charge in [-0.3, -0.25) is 5.10 Å². The van der Waals surface area contributed by atoms with Gasteiger partial charge in [0.1, 0.15) is 5.75 Å². The van der Waals surface area contributed by atoms with Crippen LogP contribution in [0.4, 0.5) is 0 Å². The highest BCUT2D eigenvalue weighted by Gasteiger charge is 2.28. The fourth-order valence-corrected chi connectivity index (χ4v) is 4.10. The van der Waals surface area contributed by atoms with Gasteiger partial charge in [0, 0.05) is 5.56 Å². The summed E-state index contributed by atoms with van der Waals surface area (Å²) in [5.74, 6) is 0.977. The Kier molecular flexibility index (Phi) is 7.86. The number of hydrogen-bond acceptors (Lipinski definition) is 4. The molecule has 1 unspecified atom stereocenters. The highest BCUT2D eigenvalue weighted by Crippen LogP contribution is 2.40. The van der Waals surface area contributed by atoms with Crippen molar-refractivity contribution in [2.75, 3.05) is 0 Å². The second-order valence-electron chi connectivity index (χ2n) is 8.89. The summed E-state index contributed by atoms with van der Waals surface area (Å²) in [5, 5.41) is 8.26. The van der Waals surface area contributed by atoms with Crippen molar-refractivity contribution in [3.63, 3.8) is 0 Å². The number of H-pyrrole nitrogens is 1. The van der Waals surface area contributed by atoms with Gasteiger partial charge in [-0.2, -0.15) is 5.10 Å². The lowest BCUT2D eigenvalue weighted by molar-refractivity contribution is 0.185. The van der Waals surface area contributed by atoms with E-state index >= 15 is 0 Å². The highest BCUT2D eigenvalue weighted by atomic mass is 32.1. The Morgan fingerprint density at radius 2 is 1.79 bits per heavy atom. The van der Waals surface area contributed by atoms with Crippen molar-refractivity contribution in [3.05, 3.63) is 38.3 Å². The first-order valence-electron chi connectivity index (χ1n) is 10.5. The van der Waals surface area contributed by atoms with E-state index in [1.165, 1.54) is 22.5 Å². The summed E-state index contributed by atoms with van der Waals surface area (Å²) in [6, 6.07) is 6.77. The van der Waals surface area contributed by atoms with Crippen LogP contribution in [0.25, 0.3) is 0 Å². The molecule has 156 valence electrons. The van der Waals surface area contributed by atoms with Crippen LogP contribution in [-0.4, -0.2) is 10.2 Å². The number of ether oxygens (including phenoxy) is 1. The molecule has 2 rings (SSSR count). The molecule has 0 saturated heterocycles. The summed E-state index contributed by atoms with van der Waals surface area (Å²) in [6.45, 7) is 15.9. The number of hydrogen-bond donors (Lipinski definition) is 1. The van der Waals surface area contributed by atoms with Crippen LogP contribution in [0.2, 0.25) is 0 Å². The predicted octanol–water partition coefficient (Wildman–Crippen LogP) is 7.89. The molecule has 1 N–H and O–H groups in total. The van der Waals surface area contributed by atoms with E-state index in [4.69, 9.17) is 17.0 Å². The number of aromatic nitrogens is 2. The Hall–Kier alpha value is -1.20. The second kappa shape index (κ2) is 9.53. The van der Waals surface area contributed by atoms with Crippen LogP contribution in [0.3, 0.4) is 0 Å². The summed E-state index contributed by atoms with van der Waals surface area (Å²) in [6.07, 6.45) is 5.28. The van der Waals surface area contributed by atoms with E-state index < -0.39 is 0 Å². The maximum atomic E-state index is 6.62. The van der Waals surface area contributed by atoms with Crippen LogP contribution < -0.4 is 4.74 Å². The molecule has 0 radical (unpaired) electrons. The first-order valence-corrected chi connectivity index (χ1v) is 11.7. The zero-order chi connectivity index (χ0) is 20.9. The molecule has 0 aliphatic rings. The average Bonchev–Trinajstić information content (AvgIpc) is 3.11. The molecule has 0 aliphatic heterocycles. The largest absolute Gasteiger partial charge is 0.483 e. The predicted molar refractivity (Wildman–Crippen MR) is 123 cm³/mol. The lowest BCUT2D eigenvalue weighted by atomic mass is 9.76. The third-order valence-electron chi connectivity index (χ3n) is 6.08. The quantitative estimate of drug-likeness (QED) is 0.397. The molecule has 1 aromatic heterocycles. The van der Waals surface area contributed by atoms with Crippen LogP contribution in [0.5, 0.6) is 5.75 Å². The molecule has 0 spiro atoms. The van der Waals surface area contributed by atoms with Gasteiger partial charge >= 0.3 is 0 Å². The summed E-state index contributed by atoms with van der Waals surface area (Å²) < 4.78 is 7.32. The average molecular weight is 421 g/mol. The summed E-state index contributed by atoms with van der Waals surface area (Å²) in [4.78, 5) is 0. The van der Waals surface area contributed by atoms with E-state index in [1.807, 2.05) is 0 Å². The second-order valence-corrected chi connectivity index (χ2v) is 10.6. The Labute approximate surface area is 179 Å². The first-order chi connectivity index (χ1) is 13.1. The van der Waals surface area contributed by atoms with Crippen LogP contribution >= 0.6 is 23.6 Å². The van der Waals surface area contributed by atoms with E-state index in [1.54, 1.807) is 0 Å². The number of nitrogens with one attached hydrogen (secondary N) is 1. The third kappa shape index (κ3) is 5.44. The molecule has 28 heavy (non-hydrogen) atoms. The molecular weight excluding hydrogens is 384 g/mol. The minimum atomic E-state index is -0.0608. The number of aromatic amines is 1. The van der Waals surface area contributed by atoms with E-state index in [2.05, 4.69) is 76.9 Å². The number of unbranched alkanes of at least 4 members (excludes halogenated alkanes) is 1. The van der Waals surface area contributed by atoms with Crippen LogP contribution in [0, 0.1) is 3.95 Å². The van der Waals surface area contributed by atoms with E-state index in [0.29, 0.717) is 3.95 Å². The summed E-state index contributed by atoms with van der Waals surface area (Å²) in [7, 11) is 0. The SMILES string of the molecule is CCCCC(Oc1ccc(C(C)(C)CC)cc1C(C)(C)CC)c1n[nH]c(=S)s1. The van der Waals surface area contributed by atoms with Gasteiger partial charge in [0.05, 0.1) is 0 Å². The molecule has 2 aromatic rings. The van der Waals surface area contributed by atoms with Crippen molar-refractivity contribution in [1.82, 2.24) is 10.2 Å². The Balaban J connectivity index is 2.48. The number of rotatable bonds is 10. The maximum absolute atomic E-state index is 6.62. The monoisotopic (exact) mass is 420 g/mol. The van der Waals surface area contributed by atoms with Gasteiger partial charge in [-0.15, -0.1) is 0 Å². The zero-order valence-electron chi connectivity index (χ0n) is 18.5. The van der Waals surface area contributed by atoms with Crippen molar-refractivity contribution in [3.8, 4) is 5.75 Å². The minimum Gasteiger partial charge on any atom is -0.483 e. The maximum Gasteiger partial charge on any atom is 0.176 e. The molecule has 1 heterocycles. The van der Waals surface area contributed by atoms with E-state index in [9.17, 15) is 0 Å². The van der Waals surface area contributed by atoms with Gasteiger partial charge in [-0.1, -0.05) is 78.4 Å². The standard InChI is InChI=1S/C23H36N2OS2/c1-8-11-12-19(20-24-25-21(27)28-20)26-18-14-13-16(22(4,5)9-2)15-17(18)23(6,7)10-3/h13-15,19H,8-12H2,1-7H3,(H,25,27). The van der Waals surface area contributed by atoms with Gasteiger partial charge in [-0.25, -0.2) is 0 Å². The summed E-state index contributed by atoms with van der Waals surface area (Å²) in [5.41, 5.74) is 2.86. The van der Waals surface area contributed by atoms with Crippen LogP contribution in [-0.2, 0) is 10.8 Å². The van der Waals surface area contributed by atoms with Crippen molar-refractivity contribution in [2.24, 2.45) is 0 Å². The topological polar surface area (TPSA) is 37.9 Å². The summed E-state index contributed by atoms with van der Waals surface area (Å²) >= 11 is 6.77. The normalized spacial score (nSPS) is 13.5. The van der Waals surface area contributed by atoms with Crippen molar-refractivity contribution in [2.45, 2.75) is 97.5 Å². The van der Waals surface area contributed by atoms with Crippen molar-refractivity contribution >= 4 is 23.6 Å². The molecule has 0 bridgehead atoms. The molecule has 0 aliphatic carbocycles. The van der Waals surface area contributed by atoms with Gasteiger partial charge in [-0.05, 0) is 60.4 Å². The van der Waals surface area contributed by atoms with Crippen LogP contribution in [0.1, 0.15) is 103 Å². The molecule has 1 atom stereocenters. The highest BCUT2D eigenvalue weighted by molar-refractivity contribution is 7.73. The number of benzene rings is 1. The van der Waals surface area contributed by atoms with Gasteiger partial charge in [0.2, 0.25) is 0 Å². The smallest absolute Gasteiger partial charge is 0.176 e. The Morgan fingerprint density at radius 1 is 1.11 bits per heavy atom. The molecular formula is C23H36N2OS2. The molecule has 3 nitrogen and oxygen atoms in total. The lowest BCUT2D eigenvalue weighted by Gasteiger charge is -2.31. The molecule has 0 amide bonds. The molecule has 1 aromatic carbocycles. The van der Waals surface area contributed by atoms with Gasteiger partial charge < -0.3 is 4.74 Å². The van der Waals surface area contributed by atoms with Gasteiger partial charge in [0.25, 0.3) is 0 Å². The zero-order valence-corrected chi connectivity index (χ0v) is 20.1. The van der Waals surface area contributed by atoms with Crippen LogP contribution in [0.15, 0.2) is 18.2 Å². The Morgan fingerprint density at radius 3 is 2.32 bits per heavy atom. The van der Waals surface area contributed by atoms with Crippen molar-refractivity contribution in [1.29, 1.82) is 0 Å². The molecule has 5 heteroatoms.